The number of amides is 1. The van der Waals surface area contributed by atoms with Crippen LogP contribution in [0.25, 0.3) is 11.1 Å². The van der Waals surface area contributed by atoms with Gasteiger partial charge >= 0.3 is 10.1 Å². The van der Waals surface area contributed by atoms with Gasteiger partial charge in [-0.1, -0.05) is 304 Å². The molecule has 3 aliphatic rings. The summed E-state index contributed by atoms with van der Waals surface area (Å²) in [5.41, 5.74) is 11.3. The van der Waals surface area contributed by atoms with Gasteiger partial charge in [-0.25, -0.2) is 4.39 Å². The fourth-order valence-corrected chi connectivity index (χ4v) is 16.7. The Bertz CT molecular complexity index is 5140. The highest BCUT2D eigenvalue weighted by molar-refractivity contribution is 7.87. The predicted octanol–water partition coefficient (Wildman–Crippen LogP) is 19.3. The minimum atomic E-state index is -4.61. The lowest BCUT2D eigenvalue weighted by Gasteiger charge is -2.50. The number of hydrogen-bond acceptors (Lipinski definition) is 15. The minimum Gasteiger partial charge on any atom is -0.489 e. The fraction of sp³-hybridized carbons (Fsp3) is 0.270. The second-order valence-corrected chi connectivity index (χ2v) is 31.8. The number of anilines is 1. The van der Waals surface area contributed by atoms with Gasteiger partial charge in [0.1, 0.15) is 84.6 Å². The number of nitrogens with zero attached hydrogens (tertiary/aromatic N) is 1. The largest absolute Gasteiger partial charge is 0.489 e. The molecule has 0 aliphatic carbocycles. The van der Waals surface area contributed by atoms with E-state index in [4.69, 9.17) is 56.3 Å². The van der Waals surface area contributed by atoms with Gasteiger partial charge < -0.3 is 61.2 Å². The van der Waals surface area contributed by atoms with Crippen molar-refractivity contribution >= 4 is 21.7 Å². The molecule has 16 nitrogen and oxygen atoms in total. The standard InChI is InChI=1S/C100H98FNO15S/c1-71(80-48-53-83(101)54-49-80)47-57-87-92(102(99(87)103)84-45-27-10-28-46-84)86-58-52-82(59-88(86)108-62-74-33-15-4-16-34-74)81-50-55-85(56-51-81)117-118(104,105)70-91-94(110-64-76-37-19-6-20-38-76)96(111-65-77-39-21-7-22-40-77)95(90(114-91)69-107-61-73-31-13-3-14-32-73)116-100-98(113-67-79-43-25-9-26-44-79)97(112-66-78-41-23-8-24-42-78)93(109-63-75-35-17-5-18-36-75)89(115-100)68-106-60-72-29-11-2-12-30-72/h2-46,48-56,58-59,71,87,89-98,100H,47,57,60-70H2,1H3/t71-,87+,89?,90?,91-,92+,93-,94?,95-,96+,97-,98?,100-/m0/s1. The first-order chi connectivity index (χ1) is 58.0. The van der Waals surface area contributed by atoms with Gasteiger partial charge in [-0.2, -0.15) is 8.42 Å². The molecule has 13 atom stereocenters. The second-order valence-electron chi connectivity index (χ2n) is 30.1. The summed E-state index contributed by atoms with van der Waals surface area (Å²) in [6, 6.07) is 107. The summed E-state index contributed by atoms with van der Waals surface area (Å²) in [5.74, 6) is -0.664. The van der Waals surface area contributed by atoms with E-state index >= 15 is 8.42 Å². The third-order valence-electron chi connectivity index (χ3n) is 21.8. The van der Waals surface area contributed by atoms with Crippen LogP contribution in [0.4, 0.5) is 10.1 Å². The van der Waals surface area contributed by atoms with Crippen LogP contribution in [0.1, 0.15) is 87.4 Å². The van der Waals surface area contributed by atoms with E-state index in [1.807, 2.05) is 308 Å². The molecule has 0 radical (unpaired) electrons. The molecule has 0 saturated carbocycles. The maximum Gasteiger partial charge on any atom is 0.311 e. The lowest BCUT2D eigenvalue weighted by molar-refractivity contribution is -0.362. The lowest BCUT2D eigenvalue weighted by Crippen LogP contribution is -2.66. The predicted molar refractivity (Wildman–Crippen MR) is 451 cm³/mol. The van der Waals surface area contributed by atoms with Crippen LogP contribution >= 0.6 is 0 Å². The summed E-state index contributed by atoms with van der Waals surface area (Å²) in [6.45, 7) is 3.24. The molecular weight excluding hydrogens is 1510 g/mol. The number of rotatable bonds is 39. The lowest BCUT2D eigenvalue weighted by atomic mass is 9.76. The minimum absolute atomic E-state index is 0.0109. The average molecular weight is 1600 g/mol. The van der Waals surface area contributed by atoms with E-state index in [0.717, 1.165) is 72.4 Å². The van der Waals surface area contributed by atoms with E-state index in [1.54, 1.807) is 24.3 Å². The summed E-state index contributed by atoms with van der Waals surface area (Å²) in [6.07, 6.45) is -9.48. The van der Waals surface area contributed by atoms with Crippen molar-refractivity contribution in [3.63, 3.8) is 0 Å². The molecule has 3 aliphatic heterocycles. The number of β-lactam (4-membered cyclic amide) rings is 1. The van der Waals surface area contributed by atoms with E-state index in [9.17, 15) is 9.18 Å². The zero-order valence-electron chi connectivity index (χ0n) is 65.9. The Morgan fingerprint density at radius 3 is 1.25 bits per heavy atom. The second kappa shape index (κ2) is 41.0. The molecule has 606 valence electrons. The van der Waals surface area contributed by atoms with Crippen molar-refractivity contribution in [2.24, 2.45) is 5.92 Å². The molecule has 0 spiro atoms. The molecule has 0 aromatic heterocycles. The zero-order valence-corrected chi connectivity index (χ0v) is 66.7. The molecule has 3 fully saturated rings. The van der Waals surface area contributed by atoms with Gasteiger partial charge in [-0.05, 0) is 122 Å². The Kier molecular flexibility index (Phi) is 28.6. The SMILES string of the molecule is C[C@@H](CC[C@H]1C(=O)N(c2ccccc2)[C@@H]1c1ccc(-c2ccc(OS(=O)(=O)C[C@@H]3OC(COCc4ccccc4)[C@H](O[C@@H]4OC(COCc5ccccc5)[C@H](OCc5ccccc5)[C@H](OCc5ccccc5)C4OCc4ccccc4)[C@H](OCc4ccccc4)C3OCc3ccccc3)cc2)cc1OCc1ccccc1)c1ccc(F)cc1. The third-order valence-corrected chi connectivity index (χ3v) is 23.0. The summed E-state index contributed by atoms with van der Waals surface area (Å²) in [5, 5.41) is 0. The number of halogens is 1. The fourth-order valence-electron chi connectivity index (χ4n) is 15.6. The van der Waals surface area contributed by atoms with Gasteiger partial charge in [0.15, 0.2) is 6.29 Å². The zero-order chi connectivity index (χ0) is 80.7. The number of carbonyl (C=O) groups is 1. The highest BCUT2D eigenvalue weighted by Crippen LogP contribution is 2.50. The number of benzene rings is 12. The molecule has 18 heteroatoms. The first-order valence-electron chi connectivity index (χ1n) is 40.4. The molecule has 0 bridgehead atoms. The molecule has 118 heavy (non-hydrogen) atoms. The summed E-state index contributed by atoms with van der Waals surface area (Å²) < 4.78 is 130. The highest BCUT2D eigenvalue weighted by Gasteiger charge is 2.56. The smallest absolute Gasteiger partial charge is 0.311 e. The van der Waals surface area contributed by atoms with Gasteiger partial charge in [0.05, 0.1) is 71.4 Å². The van der Waals surface area contributed by atoms with E-state index < -0.39 is 77.1 Å². The third kappa shape index (κ3) is 22.1. The van der Waals surface area contributed by atoms with Gasteiger partial charge in [0.2, 0.25) is 5.91 Å². The monoisotopic (exact) mass is 1600 g/mol. The number of para-hydroxylation sites is 1. The van der Waals surface area contributed by atoms with Gasteiger partial charge in [0.25, 0.3) is 0 Å². The molecule has 3 saturated heterocycles. The van der Waals surface area contributed by atoms with E-state index in [1.165, 1.54) is 12.1 Å². The van der Waals surface area contributed by atoms with Crippen molar-refractivity contribution in [1.82, 2.24) is 0 Å². The van der Waals surface area contributed by atoms with Crippen molar-refractivity contribution in [2.45, 2.75) is 146 Å². The van der Waals surface area contributed by atoms with Crippen LogP contribution in [0.15, 0.2) is 340 Å². The first kappa shape index (κ1) is 82.3. The molecule has 0 N–H and O–H groups in total. The van der Waals surface area contributed by atoms with Crippen molar-refractivity contribution in [2.75, 3.05) is 23.9 Å². The topological polar surface area (TPSA) is 165 Å². The van der Waals surface area contributed by atoms with Crippen molar-refractivity contribution < 1.29 is 73.9 Å². The Balaban J connectivity index is 0.764. The van der Waals surface area contributed by atoms with E-state index in [-0.39, 0.29) is 101 Å². The molecule has 15 rings (SSSR count). The number of carbonyl (C=O) groups excluding carboxylic acids is 1. The Morgan fingerprint density at radius 2 is 0.788 bits per heavy atom. The summed E-state index contributed by atoms with van der Waals surface area (Å²) in [7, 11) is -4.61. The molecule has 4 unspecified atom stereocenters. The van der Waals surface area contributed by atoms with E-state index in [0.29, 0.717) is 18.6 Å². The van der Waals surface area contributed by atoms with Gasteiger partial charge in [-0.15, -0.1) is 0 Å². The number of hydrogen-bond donors (Lipinski definition) is 0. The first-order valence-corrected chi connectivity index (χ1v) is 42.0. The molecule has 3 heterocycles. The van der Waals surface area contributed by atoms with Crippen LogP contribution in [0.5, 0.6) is 11.5 Å². The van der Waals surface area contributed by atoms with Gasteiger partial charge in [0, 0.05) is 11.3 Å². The average Bonchev–Trinajstić information content (AvgIpc) is 0.722. The molecular formula is C100H98FNO15S. The molecule has 12 aromatic rings. The van der Waals surface area contributed by atoms with Crippen LogP contribution in [0.2, 0.25) is 0 Å². The van der Waals surface area contributed by atoms with Crippen LogP contribution in [-0.4, -0.2) is 94.5 Å². The van der Waals surface area contributed by atoms with Crippen molar-refractivity contribution in [3.8, 4) is 22.6 Å². The summed E-state index contributed by atoms with van der Waals surface area (Å²) in [4.78, 5) is 16.4. The summed E-state index contributed by atoms with van der Waals surface area (Å²) >= 11 is 0. The normalized spacial score (nSPS) is 21.5. The maximum absolute atomic E-state index is 15.4. The van der Waals surface area contributed by atoms with Crippen LogP contribution in [-0.2, 0) is 115 Å². The molecule has 1 amide bonds. The Hall–Kier alpha value is -10.8. The van der Waals surface area contributed by atoms with Crippen LogP contribution in [0, 0.1) is 11.7 Å². The Morgan fingerprint density at radius 1 is 0.398 bits per heavy atom. The van der Waals surface area contributed by atoms with Crippen LogP contribution in [0.3, 0.4) is 0 Å². The quantitative estimate of drug-likeness (QED) is 0.0264. The van der Waals surface area contributed by atoms with Gasteiger partial charge in [-0.3, -0.25) is 4.79 Å². The molecule has 12 aromatic carbocycles. The highest BCUT2D eigenvalue weighted by atomic mass is 32.2. The number of ether oxygens (including phenoxy) is 11. The van der Waals surface area contributed by atoms with Crippen molar-refractivity contribution in [1.29, 1.82) is 0 Å². The van der Waals surface area contributed by atoms with E-state index in [2.05, 4.69) is 6.92 Å². The maximum atomic E-state index is 15.4. The Labute approximate surface area is 691 Å². The van der Waals surface area contributed by atoms with Crippen molar-refractivity contribution in [3.05, 3.63) is 401 Å². The van der Waals surface area contributed by atoms with Crippen LogP contribution < -0.4 is 13.8 Å².